The Morgan fingerprint density at radius 2 is 0.800 bits per heavy atom. The molecule has 1 unspecified atom stereocenters. The van der Waals surface area contributed by atoms with Gasteiger partial charge in [-0.15, -0.1) is 0 Å². The minimum Gasteiger partial charge on any atom is -0.354 e. The van der Waals surface area contributed by atoms with Gasteiger partial charge in [0.2, 0.25) is 0 Å². The van der Waals surface area contributed by atoms with Crippen molar-refractivity contribution in [1.82, 2.24) is 20.0 Å². The fourth-order valence-corrected chi connectivity index (χ4v) is 11.9. The van der Waals surface area contributed by atoms with Crippen LogP contribution in [0.3, 0.4) is 0 Å². The number of amidine groups is 2. The van der Waals surface area contributed by atoms with Crippen molar-refractivity contribution in [2.24, 2.45) is 25.5 Å². The third kappa shape index (κ3) is 16.9. The highest BCUT2D eigenvalue weighted by atomic mass is 16.7. The van der Waals surface area contributed by atoms with Crippen LogP contribution >= 0.6 is 0 Å². The molecule has 416 valence electrons. The third-order valence-electron chi connectivity index (χ3n) is 17.0. The molecule has 6 fully saturated rings. The van der Waals surface area contributed by atoms with Crippen molar-refractivity contribution < 1.29 is 28.9 Å². The number of amides is 3. The summed E-state index contributed by atoms with van der Waals surface area (Å²) in [5.74, 6) is -1.06. The summed E-state index contributed by atoms with van der Waals surface area (Å²) in [4.78, 5) is 83.4. The second-order valence-corrected chi connectivity index (χ2v) is 22.8. The SMILES string of the molecule is CC/C(C)=N/OC(=NC1CCCCC1)N(C(=O)c1cc(C(=O)N(C(=NC2CCCCC2)O/N=C(\C)CC)C2CCCCC2)cc(C(=O)N(C2CCCCC2)C(NC2CCCCC2)O/N=C(\C)CC)c1)C1CCCCC1. The van der Waals surface area contributed by atoms with Crippen molar-refractivity contribution in [3.63, 3.8) is 0 Å². The maximum absolute atomic E-state index is 16.1. The largest absolute Gasteiger partial charge is 0.354 e. The van der Waals surface area contributed by atoms with Gasteiger partial charge < -0.3 is 14.5 Å². The zero-order valence-corrected chi connectivity index (χ0v) is 47.1. The van der Waals surface area contributed by atoms with Crippen LogP contribution in [0.15, 0.2) is 43.7 Å². The highest BCUT2D eigenvalue weighted by Crippen LogP contribution is 2.33. The van der Waals surface area contributed by atoms with E-state index in [1.165, 1.54) is 6.42 Å². The van der Waals surface area contributed by atoms with E-state index in [1.54, 1.807) is 28.0 Å². The van der Waals surface area contributed by atoms with E-state index in [2.05, 4.69) is 20.8 Å². The van der Waals surface area contributed by atoms with Gasteiger partial charge in [-0.1, -0.05) is 152 Å². The molecule has 75 heavy (non-hydrogen) atoms. The fourth-order valence-electron chi connectivity index (χ4n) is 11.9. The summed E-state index contributed by atoms with van der Waals surface area (Å²) in [5, 5.41) is 17.5. The van der Waals surface area contributed by atoms with Gasteiger partial charge in [-0.05, 0) is 135 Å². The lowest BCUT2D eigenvalue weighted by Gasteiger charge is -2.40. The first-order valence-electron chi connectivity index (χ1n) is 30.2. The zero-order valence-electron chi connectivity index (χ0n) is 47.1. The maximum Gasteiger partial charge on any atom is 0.325 e. The third-order valence-corrected chi connectivity index (χ3v) is 17.0. The van der Waals surface area contributed by atoms with Crippen molar-refractivity contribution in [3.8, 4) is 0 Å². The summed E-state index contributed by atoms with van der Waals surface area (Å²) >= 11 is 0. The molecule has 1 N–H and O–H groups in total. The van der Waals surface area contributed by atoms with Crippen molar-refractivity contribution in [2.45, 2.75) is 296 Å². The standard InChI is InChI=1S/C60H95N9O6/c1-7-43(4)64-73-58(61-49-28-16-10-17-29-49)67(52-34-22-13-23-35-52)55(70)46-40-47(56(71)68(53-36-24-14-25-37-53)59(74-65-44(5)8-2)62-50-30-18-11-19-31-50)42-48(41-46)57(72)69(54-38-26-15-27-39-54)60(75-66-45(6)9-3)63-51-32-20-12-21-33-51/h40-42,49-54,58,61H,7-39H2,1-6H3/b62-59?,63-60?,64-43+,65-44+,66-45+. The van der Waals surface area contributed by atoms with Gasteiger partial charge in [0, 0.05) is 40.9 Å². The summed E-state index contributed by atoms with van der Waals surface area (Å²) in [5.41, 5.74) is 3.05. The molecule has 0 bridgehead atoms. The number of oxime groups is 3. The molecule has 3 amide bonds. The van der Waals surface area contributed by atoms with Crippen LogP contribution < -0.4 is 5.32 Å². The van der Waals surface area contributed by atoms with E-state index in [1.807, 2.05) is 46.4 Å². The van der Waals surface area contributed by atoms with Crippen LogP contribution in [-0.2, 0) is 14.5 Å². The van der Waals surface area contributed by atoms with Crippen molar-refractivity contribution in [2.75, 3.05) is 0 Å². The number of benzene rings is 1. The Kier molecular flexibility index (Phi) is 23.5. The molecule has 7 rings (SSSR count). The van der Waals surface area contributed by atoms with E-state index in [-0.39, 0.29) is 82.7 Å². The van der Waals surface area contributed by atoms with Crippen molar-refractivity contribution in [3.05, 3.63) is 34.9 Å². The fraction of sp³-hybridized carbons (Fsp3) is 0.767. The van der Waals surface area contributed by atoms with Gasteiger partial charge >= 0.3 is 12.0 Å². The Bertz CT molecular complexity index is 2030. The van der Waals surface area contributed by atoms with Gasteiger partial charge in [-0.25, -0.2) is 9.98 Å². The van der Waals surface area contributed by atoms with E-state index < -0.39 is 6.35 Å². The molecule has 6 aliphatic rings. The Morgan fingerprint density at radius 3 is 1.19 bits per heavy atom. The topological polar surface area (TPSA) is 162 Å². The molecule has 1 aromatic carbocycles. The minimum atomic E-state index is -0.870. The van der Waals surface area contributed by atoms with Crippen LogP contribution in [0.4, 0.5) is 0 Å². The monoisotopic (exact) mass is 1040 g/mol. The zero-order chi connectivity index (χ0) is 52.9. The normalized spacial score (nSPS) is 21.9. The average Bonchev–Trinajstić information content (AvgIpc) is 3.46. The molecule has 1 atom stereocenters. The van der Waals surface area contributed by atoms with Crippen LogP contribution in [0.1, 0.15) is 285 Å². The Labute approximate surface area is 450 Å². The van der Waals surface area contributed by atoms with Gasteiger partial charge in [0.25, 0.3) is 24.1 Å². The van der Waals surface area contributed by atoms with Crippen LogP contribution in [-0.4, -0.2) is 104 Å². The van der Waals surface area contributed by atoms with Crippen LogP contribution in [0.2, 0.25) is 0 Å². The second kappa shape index (κ2) is 30.3. The summed E-state index contributed by atoms with van der Waals surface area (Å²) in [6, 6.07) is 4.99. The number of nitrogens with one attached hydrogen (secondary N) is 1. The lowest BCUT2D eigenvalue weighted by Crippen LogP contribution is -2.57. The van der Waals surface area contributed by atoms with Gasteiger partial charge in [-0.2, -0.15) is 0 Å². The van der Waals surface area contributed by atoms with Gasteiger partial charge in [0.15, 0.2) is 0 Å². The van der Waals surface area contributed by atoms with E-state index >= 15 is 14.4 Å². The predicted octanol–water partition coefficient (Wildman–Crippen LogP) is 14.0. The molecule has 1 aromatic rings. The Morgan fingerprint density at radius 1 is 0.467 bits per heavy atom. The number of hydrogen-bond donors (Lipinski definition) is 1. The van der Waals surface area contributed by atoms with E-state index in [4.69, 9.17) is 24.5 Å². The highest BCUT2D eigenvalue weighted by molar-refractivity contribution is 6.11. The number of nitrogens with zero attached hydrogens (tertiary/aromatic N) is 8. The summed E-state index contributed by atoms with van der Waals surface area (Å²) < 4.78 is 0. The lowest BCUT2D eigenvalue weighted by atomic mass is 9.92. The molecule has 0 heterocycles. The first-order valence-corrected chi connectivity index (χ1v) is 30.2. The molecule has 0 spiro atoms. The van der Waals surface area contributed by atoms with E-state index in [0.717, 1.165) is 203 Å². The average molecular weight is 1040 g/mol. The summed E-state index contributed by atoms with van der Waals surface area (Å²) in [6.07, 6.45) is 30.4. The minimum absolute atomic E-state index is 0.0172. The first kappa shape index (κ1) is 58.0. The van der Waals surface area contributed by atoms with Crippen LogP contribution in [0, 0.1) is 0 Å². The first-order chi connectivity index (χ1) is 36.6. The van der Waals surface area contributed by atoms with Gasteiger partial charge in [0.1, 0.15) is 0 Å². The molecule has 0 saturated heterocycles. The molecular weight excluding hydrogens is 943 g/mol. The number of hydrogen-bond acceptors (Lipinski definition) is 12. The van der Waals surface area contributed by atoms with Gasteiger partial charge in [0.05, 0.1) is 29.2 Å². The molecule has 6 aliphatic carbocycles. The predicted molar refractivity (Wildman–Crippen MR) is 301 cm³/mol. The smallest absolute Gasteiger partial charge is 0.325 e. The van der Waals surface area contributed by atoms with E-state index in [9.17, 15) is 0 Å². The highest BCUT2D eigenvalue weighted by Gasteiger charge is 2.40. The number of carbonyl (C=O) groups excluding carboxylic acids is 3. The van der Waals surface area contributed by atoms with Crippen molar-refractivity contribution >= 4 is 46.9 Å². The van der Waals surface area contributed by atoms with Crippen LogP contribution in [0.25, 0.3) is 0 Å². The molecule has 0 radical (unpaired) electrons. The second-order valence-electron chi connectivity index (χ2n) is 22.8. The van der Waals surface area contributed by atoms with Gasteiger partial charge in [-0.3, -0.25) is 34.4 Å². The number of carbonyl (C=O) groups is 3. The molecule has 15 nitrogen and oxygen atoms in total. The van der Waals surface area contributed by atoms with Crippen LogP contribution in [0.5, 0.6) is 0 Å². The lowest BCUT2D eigenvalue weighted by molar-refractivity contribution is -0.0909. The molecular formula is C60H95N9O6. The Hall–Kier alpha value is -4.66. The quantitative estimate of drug-likeness (QED) is 0.0662. The number of aliphatic imine (C=N–C) groups is 2. The van der Waals surface area contributed by atoms with E-state index in [0.29, 0.717) is 19.3 Å². The summed E-state index contributed by atoms with van der Waals surface area (Å²) in [7, 11) is 0. The Balaban J connectivity index is 1.43. The summed E-state index contributed by atoms with van der Waals surface area (Å²) in [6.45, 7) is 11.9. The molecule has 6 saturated carbocycles. The maximum atomic E-state index is 16.1. The number of rotatable bonds is 18. The molecule has 0 aliphatic heterocycles. The molecule has 15 heteroatoms. The van der Waals surface area contributed by atoms with Crippen molar-refractivity contribution in [1.29, 1.82) is 0 Å². The molecule has 0 aromatic heterocycles.